The number of methoxy groups -OCH3 is 1. The van der Waals surface area contributed by atoms with Gasteiger partial charge in [0, 0.05) is 32.8 Å². The molecule has 1 fully saturated rings. The second-order valence-electron chi connectivity index (χ2n) is 5.64. The molecule has 1 aromatic rings. The summed E-state index contributed by atoms with van der Waals surface area (Å²) in [4.78, 5) is 2.44. The van der Waals surface area contributed by atoms with Crippen molar-refractivity contribution in [3.05, 3.63) is 35.4 Å². The SMILES string of the molecule is COCc1cccc(C(CN)N2CC(C)OC(C)C2)c1. The zero-order chi connectivity index (χ0) is 14.5. The molecule has 0 aliphatic carbocycles. The highest BCUT2D eigenvalue weighted by Crippen LogP contribution is 2.25. The fraction of sp³-hybridized carbons (Fsp3) is 0.625. The van der Waals surface area contributed by atoms with E-state index < -0.39 is 0 Å². The monoisotopic (exact) mass is 278 g/mol. The van der Waals surface area contributed by atoms with Crippen molar-refractivity contribution in [2.24, 2.45) is 5.73 Å². The number of benzene rings is 1. The van der Waals surface area contributed by atoms with Gasteiger partial charge in [0.25, 0.3) is 0 Å². The normalized spacial score (nSPS) is 25.6. The first-order valence-electron chi connectivity index (χ1n) is 7.31. The summed E-state index contributed by atoms with van der Waals surface area (Å²) in [7, 11) is 1.72. The van der Waals surface area contributed by atoms with Gasteiger partial charge in [0.1, 0.15) is 0 Å². The highest BCUT2D eigenvalue weighted by molar-refractivity contribution is 5.26. The second-order valence-corrected chi connectivity index (χ2v) is 5.64. The van der Waals surface area contributed by atoms with Crippen LogP contribution in [0.4, 0.5) is 0 Å². The number of rotatable bonds is 5. The summed E-state index contributed by atoms with van der Waals surface area (Å²) in [5.74, 6) is 0. The summed E-state index contributed by atoms with van der Waals surface area (Å²) in [6.07, 6.45) is 0.518. The molecule has 0 amide bonds. The summed E-state index contributed by atoms with van der Waals surface area (Å²) in [5.41, 5.74) is 8.50. The van der Waals surface area contributed by atoms with E-state index in [4.69, 9.17) is 15.2 Å². The van der Waals surface area contributed by atoms with Crippen LogP contribution in [0.5, 0.6) is 0 Å². The Morgan fingerprint density at radius 2 is 2.05 bits per heavy atom. The number of hydrogen-bond donors (Lipinski definition) is 1. The van der Waals surface area contributed by atoms with Gasteiger partial charge in [-0.25, -0.2) is 0 Å². The lowest BCUT2D eigenvalue weighted by Crippen LogP contribution is -2.48. The average molecular weight is 278 g/mol. The molecule has 0 aromatic heterocycles. The second kappa shape index (κ2) is 7.18. The number of hydrogen-bond acceptors (Lipinski definition) is 4. The van der Waals surface area contributed by atoms with Crippen molar-refractivity contribution in [1.82, 2.24) is 4.90 Å². The van der Waals surface area contributed by atoms with Crippen molar-refractivity contribution in [3.63, 3.8) is 0 Å². The third-order valence-electron chi connectivity index (χ3n) is 3.76. The Bertz CT molecular complexity index is 415. The summed E-state index contributed by atoms with van der Waals surface area (Å²) < 4.78 is 11.0. The predicted octanol–water partition coefficient (Wildman–Crippen LogP) is 1.94. The molecule has 2 N–H and O–H groups in total. The number of nitrogens with two attached hydrogens (primary N) is 1. The lowest BCUT2D eigenvalue weighted by Gasteiger charge is -2.40. The number of nitrogens with zero attached hydrogens (tertiary/aromatic N) is 1. The average Bonchev–Trinajstić information content (AvgIpc) is 2.39. The highest BCUT2D eigenvalue weighted by atomic mass is 16.5. The van der Waals surface area contributed by atoms with Gasteiger partial charge in [-0.1, -0.05) is 24.3 Å². The molecule has 0 spiro atoms. The van der Waals surface area contributed by atoms with E-state index in [0.717, 1.165) is 13.1 Å². The van der Waals surface area contributed by atoms with Crippen molar-refractivity contribution < 1.29 is 9.47 Å². The minimum absolute atomic E-state index is 0.251. The van der Waals surface area contributed by atoms with E-state index in [2.05, 4.69) is 43.0 Å². The fourth-order valence-electron chi connectivity index (χ4n) is 3.02. The van der Waals surface area contributed by atoms with Crippen LogP contribution in [0.1, 0.15) is 31.0 Å². The van der Waals surface area contributed by atoms with Gasteiger partial charge in [0.05, 0.1) is 18.8 Å². The smallest absolute Gasteiger partial charge is 0.0713 e. The van der Waals surface area contributed by atoms with Crippen LogP contribution in [0.2, 0.25) is 0 Å². The van der Waals surface area contributed by atoms with Crippen LogP contribution >= 0.6 is 0 Å². The van der Waals surface area contributed by atoms with Crippen LogP contribution in [0.25, 0.3) is 0 Å². The van der Waals surface area contributed by atoms with Crippen molar-refractivity contribution in [1.29, 1.82) is 0 Å². The van der Waals surface area contributed by atoms with E-state index in [1.54, 1.807) is 7.11 Å². The van der Waals surface area contributed by atoms with Gasteiger partial charge in [-0.3, -0.25) is 4.90 Å². The fourth-order valence-corrected chi connectivity index (χ4v) is 3.02. The topological polar surface area (TPSA) is 47.7 Å². The van der Waals surface area contributed by atoms with E-state index in [-0.39, 0.29) is 18.2 Å². The van der Waals surface area contributed by atoms with Crippen LogP contribution in [-0.4, -0.2) is 43.9 Å². The summed E-state index contributed by atoms with van der Waals surface area (Å²) in [6.45, 7) is 7.37. The zero-order valence-electron chi connectivity index (χ0n) is 12.7. The zero-order valence-corrected chi connectivity index (χ0v) is 12.7. The van der Waals surface area contributed by atoms with Gasteiger partial charge in [-0.15, -0.1) is 0 Å². The number of ether oxygens (including phenoxy) is 2. The van der Waals surface area contributed by atoms with Gasteiger partial charge in [0.2, 0.25) is 0 Å². The van der Waals surface area contributed by atoms with Gasteiger partial charge < -0.3 is 15.2 Å². The Hall–Kier alpha value is -0.940. The molecule has 0 bridgehead atoms. The van der Waals surface area contributed by atoms with Crippen molar-refractivity contribution >= 4 is 0 Å². The summed E-state index contributed by atoms with van der Waals surface area (Å²) >= 11 is 0. The Balaban J connectivity index is 2.16. The first-order valence-corrected chi connectivity index (χ1v) is 7.31. The van der Waals surface area contributed by atoms with Crippen molar-refractivity contribution in [2.75, 3.05) is 26.7 Å². The molecule has 1 aliphatic heterocycles. The quantitative estimate of drug-likeness (QED) is 0.894. The molecule has 4 nitrogen and oxygen atoms in total. The molecule has 3 atom stereocenters. The van der Waals surface area contributed by atoms with Crippen molar-refractivity contribution in [3.8, 4) is 0 Å². The largest absolute Gasteiger partial charge is 0.380 e. The van der Waals surface area contributed by atoms with Crippen LogP contribution in [0.3, 0.4) is 0 Å². The molecule has 112 valence electrons. The van der Waals surface area contributed by atoms with E-state index in [1.165, 1.54) is 11.1 Å². The van der Waals surface area contributed by atoms with E-state index in [1.807, 2.05) is 0 Å². The maximum atomic E-state index is 6.04. The number of morpholine rings is 1. The van der Waals surface area contributed by atoms with Crippen LogP contribution in [0, 0.1) is 0 Å². The third kappa shape index (κ3) is 3.79. The van der Waals surface area contributed by atoms with E-state index in [9.17, 15) is 0 Å². The Morgan fingerprint density at radius 3 is 2.65 bits per heavy atom. The lowest BCUT2D eigenvalue weighted by molar-refractivity contribution is -0.0799. The minimum Gasteiger partial charge on any atom is -0.380 e. The Morgan fingerprint density at radius 1 is 1.35 bits per heavy atom. The van der Waals surface area contributed by atoms with E-state index in [0.29, 0.717) is 13.2 Å². The van der Waals surface area contributed by atoms with Crippen LogP contribution < -0.4 is 5.73 Å². The molecule has 0 radical (unpaired) electrons. The lowest BCUT2D eigenvalue weighted by atomic mass is 10.0. The molecule has 2 rings (SSSR count). The van der Waals surface area contributed by atoms with Gasteiger partial charge in [-0.2, -0.15) is 0 Å². The van der Waals surface area contributed by atoms with Crippen LogP contribution in [0.15, 0.2) is 24.3 Å². The molecule has 1 saturated heterocycles. The molecule has 20 heavy (non-hydrogen) atoms. The molecular formula is C16H26N2O2. The minimum atomic E-state index is 0.251. The predicted molar refractivity (Wildman–Crippen MR) is 80.5 cm³/mol. The first-order chi connectivity index (χ1) is 9.63. The summed E-state index contributed by atoms with van der Waals surface area (Å²) in [5, 5.41) is 0. The van der Waals surface area contributed by atoms with Gasteiger partial charge in [0.15, 0.2) is 0 Å². The van der Waals surface area contributed by atoms with Gasteiger partial charge >= 0.3 is 0 Å². The van der Waals surface area contributed by atoms with Gasteiger partial charge in [-0.05, 0) is 25.0 Å². The molecule has 0 saturated carbocycles. The molecule has 4 heteroatoms. The third-order valence-corrected chi connectivity index (χ3v) is 3.76. The van der Waals surface area contributed by atoms with Crippen LogP contribution in [-0.2, 0) is 16.1 Å². The molecule has 1 aromatic carbocycles. The maximum Gasteiger partial charge on any atom is 0.0713 e. The van der Waals surface area contributed by atoms with Crippen molar-refractivity contribution in [2.45, 2.75) is 38.7 Å². The highest BCUT2D eigenvalue weighted by Gasteiger charge is 2.28. The molecule has 1 aliphatic rings. The molecule has 3 unspecified atom stereocenters. The standard InChI is InChI=1S/C16H26N2O2/c1-12-9-18(10-13(2)20-12)16(8-17)15-6-4-5-14(7-15)11-19-3/h4-7,12-13,16H,8-11,17H2,1-3H3. The maximum absolute atomic E-state index is 6.04. The van der Waals surface area contributed by atoms with E-state index >= 15 is 0 Å². The Kier molecular flexibility index (Phi) is 5.54. The summed E-state index contributed by atoms with van der Waals surface area (Å²) in [6, 6.07) is 8.78. The Labute approximate surface area is 121 Å². The molecular weight excluding hydrogens is 252 g/mol. The first kappa shape index (κ1) is 15.4. The molecule has 1 heterocycles.